The molecular weight excluding hydrogens is 552 g/mol. The summed E-state index contributed by atoms with van der Waals surface area (Å²) in [6.07, 6.45) is 2.74. The number of fused-ring (bicyclic) bond motifs is 4. The minimum Gasteiger partial charge on any atom is -0.493 e. The van der Waals surface area contributed by atoms with Crippen molar-refractivity contribution in [2.24, 2.45) is 7.05 Å². The standard InChI is InChI=1S/C30H42N8O5/c1-19-7-8-23-17-26(19)43-16-6-13-38-18-24(33-35-38)11-14-37(15-12-31-30(42)28(22(4)39)32-29(23)41)27(40)10-9-25-20(2)34-36(5)21(25)3/h7-8,17-18,22,28,39H,6,9-16H2,1-5H3,(H,31,42)(H,32,41)/t22-,28+/m1/s1. The van der Waals surface area contributed by atoms with Crippen LogP contribution < -0.4 is 15.4 Å². The monoisotopic (exact) mass is 594 g/mol. The van der Waals surface area contributed by atoms with Crippen LogP contribution in [0.4, 0.5) is 0 Å². The van der Waals surface area contributed by atoms with Gasteiger partial charge in [-0.3, -0.25) is 23.7 Å². The SMILES string of the molecule is Cc1ccc2cc1OCCCn1cc(nn1)CCN(C(=O)CCc1c(C)nn(C)c1C)CCNC(=O)[C@H]([C@@H](C)O)NC2=O. The predicted octanol–water partition coefficient (Wildman–Crippen LogP) is 1.02. The highest BCUT2D eigenvalue weighted by atomic mass is 16.5. The van der Waals surface area contributed by atoms with Crippen molar-refractivity contribution in [1.29, 1.82) is 0 Å². The molecule has 1 aliphatic rings. The predicted molar refractivity (Wildman–Crippen MR) is 159 cm³/mol. The van der Waals surface area contributed by atoms with Crippen LogP contribution in [0.5, 0.6) is 5.75 Å². The van der Waals surface area contributed by atoms with Gasteiger partial charge in [0, 0.05) is 69.9 Å². The Morgan fingerprint density at radius 3 is 2.70 bits per heavy atom. The summed E-state index contributed by atoms with van der Waals surface area (Å²) in [4.78, 5) is 41.2. The third kappa shape index (κ3) is 8.19. The van der Waals surface area contributed by atoms with E-state index in [4.69, 9.17) is 4.74 Å². The van der Waals surface area contributed by atoms with Crippen molar-refractivity contribution in [3.05, 3.63) is 58.2 Å². The largest absolute Gasteiger partial charge is 0.493 e. The molecule has 13 nitrogen and oxygen atoms in total. The number of hydrogen-bond donors (Lipinski definition) is 3. The second kappa shape index (κ2) is 14.3. The number of hydrogen-bond acceptors (Lipinski definition) is 8. The van der Waals surface area contributed by atoms with E-state index in [1.165, 1.54) is 6.92 Å². The fraction of sp³-hybridized carbons (Fsp3) is 0.533. The van der Waals surface area contributed by atoms with E-state index in [-0.39, 0.29) is 19.0 Å². The van der Waals surface area contributed by atoms with Crippen LogP contribution in [0.1, 0.15) is 58.3 Å². The first-order chi connectivity index (χ1) is 20.5. The molecular formula is C30H42N8O5. The van der Waals surface area contributed by atoms with Gasteiger partial charge in [-0.2, -0.15) is 5.10 Å². The molecule has 0 fully saturated rings. The number of nitrogens with one attached hydrogen (secondary N) is 2. The van der Waals surface area contributed by atoms with E-state index in [1.54, 1.807) is 27.8 Å². The van der Waals surface area contributed by atoms with E-state index in [0.717, 1.165) is 28.2 Å². The second-order valence-electron chi connectivity index (χ2n) is 11.0. The van der Waals surface area contributed by atoms with Gasteiger partial charge in [0.2, 0.25) is 11.8 Å². The lowest BCUT2D eigenvalue weighted by molar-refractivity contribution is -0.132. The second-order valence-corrected chi connectivity index (χ2v) is 11.0. The topological polar surface area (TPSA) is 156 Å². The van der Waals surface area contributed by atoms with Gasteiger partial charge in [-0.1, -0.05) is 11.3 Å². The summed E-state index contributed by atoms with van der Waals surface area (Å²) in [6, 6.07) is 3.88. The molecule has 1 aliphatic heterocycles. The Morgan fingerprint density at radius 2 is 1.98 bits per heavy atom. The number of carbonyl (C=O) groups excluding carboxylic acids is 3. The first-order valence-corrected chi connectivity index (χ1v) is 14.7. The van der Waals surface area contributed by atoms with Crippen molar-refractivity contribution in [3.63, 3.8) is 0 Å². The van der Waals surface area contributed by atoms with Gasteiger partial charge in [0.25, 0.3) is 5.91 Å². The quantitative estimate of drug-likeness (QED) is 0.404. The van der Waals surface area contributed by atoms with Crippen LogP contribution >= 0.6 is 0 Å². The zero-order valence-electron chi connectivity index (χ0n) is 25.6. The molecule has 3 aromatic rings. The number of nitrogens with zero attached hydrogens (tertiary/aromatic N) is 6. The number of aromatic nitrogens is 5. The van der Waals surface area contributed by atoms with Crippen LogP contribution in [0.15, 0.2) is 24.4 Å². The summed E-state index contributed by atoms with van der Waals surface area (Å²) in [7, 11) is 1.88. The molecule has 4 rings (SSSR count). The normalized spacial score (nSPS) is 17.9. The first-order valence-electron chi connectivity index (χ1n) is 14.7. The molecule has 2 aromatic heterocycles. The van der Waals surface area contributed by atoms with Crippen molar-refractivity contribution in [2.45, 2.75) is 72.1 Å². The molecule has 13 heteroatoms. The van der Waals surface area contributed by atoms with E-state index in [9.17, 15) is 19.5 Å². The summed E-state index contributed by atoms with van der Waals surface area (Å²) < 4.78 is 9.51. The molecule has 0 saturated heterocycles. The first kappa shape index (κ1) is 31.7. The van der Waals surface area contributed by atoms with Crippen LogP contribution in [0, 0.1) is 20.8 Å². The summed E-state index contributed by atoms with van der Waals surface area (Å²) in [5.74, 6) is -0.538. The number of carbonyl (C=O) groups is 3. The van der Waals surface area contributed by atoms with E-state index in [1.807, 2.05) is 38.7 Å². The third-order valence-corrected chi connectivity index (χ3v) is 7.80. The Hall–Kier alpha value is -4.26. The van der Waals surface area contributed by atoms with Gasteiger partial charge >= 0.3 is 0 Å². The number of ether oxygens (including phenoxy) is 1. The molecule has 0 spiro atoms. The molecule has 3 heterocycles. The van der Waals surface area contributed by atoms with Crippen LogP contribution in [-0.4, -0.2) is 90.9 Å². The molecule has 3 N–H and O–H groups in total. The Morgan fingerprint density at radius 1 is 1.19 bits per heavy atom. The molecule has 2 atom stereocenters. The van der Waals surface area contributed by atoms with Crippen LogP contribution in [0.25, 0.3) is 0 Å². The Labute approximate surface area is 251 Å². The molecule has 232 valence electrons. The van der Waals surface area contributed by atoms with E-state index in [2.05, 4.69) is 26.0 Å². The minimum absolute atomic E-state index is 0.0564. The highest BCUT2D eigenvalue weighted by Crippen LogP contribution is 2.20. The number of aliphatic hydroxyl groups excluding tert-OH is 1. The lowest BCUT2D eigenvalue weighted by Gasteiger charge is -2.25. The van der Waals surface area contributed by atoms with Gasteiger partial charge in [-0.25, -0.2) is 0 Å². The van der Waals surface area contributed by atoms with Gasteiger partial charge in [-0.15, -0.1) is 5.10 Å². The van der Waals surface area contributed by atoms with Gasteiger partial charge in [-0.05, 0) is 57.4 Å². The number of aliphatic hydroxyl groups is 1. The molecule has 0 aliphatic carbocycles. The summed E-state index contributed by atoms with van der Waals surface area (Å²) in [5.41, 5.74) is 4.93. The lowest BCUT2D eigenvalue weighted by atomic mass is 10.1. The van der Waals surface area contributed by atoms with E-state index in [0.29, 0.717) is 56.7 Å². The zero-order chi connectivity index (χ0) is 31.1. The number of rotatable bonds is 4. The van der Waals surface area contributed by atoms with Gasteiger partial charge in [0.05, 0.1) is 24.1 Å². The molecule has 0 unspecified atom stereocenters. The van der Waals surface area contributed by atoms with Crippen LogP contribution in [0.3, 0.4) is 0 Å². The number of amides is 3. The zero-order valence-corrected chi connectivity index (χ0v) is 25.6. The average Bonchev–Trinajstić information content (AvgIpc) is 3.52. The number of aryl methyl sites for hydroxylation is 4. The van der Waals surface area contributed by atoms with Crippen molar-refractivity contribution in [1.82, 2.24) is 40.3 Å². The molecule has 0 radical (unpaired) electrons. The summed E-state index contributed by atoms with van der Waals surface area (Å²) >= 11 is 0. The van der Waals surface area contributed by atoms with Crippen molar-refractivity contribution in [3.8, 4) is 5.75 Å². The van der Waals surface area contributed by atoms with Crippen molar-refractivity contribution in [2.75, 3.05) is 26.2 Å². The summed E-state index contributed by atoms with van der Waals surface area (Å²) in [6.45, 7) is 9.05. The maximum absolute atomic E-state index is 13.4. The molecule has 4 bridgehead atoms. The van der Waals surface area contributed by atoms with Gasteiger partial charge in [0.1, 0.15) is 11.8 Å². The van der Waals surface area contributed by atoms with E-state index >= 15 is 0 Å². The lowest BCUT2D eigenvalue weighted by Crippen LogP contribution is -2.53. The van der Waals surface area contributed by atoms with Crippen molar-refractivity contribution < 1.29 is 24.2 Å². The Balaban J connectivity index is 1.51. The molecule has 0 saturated carbocycles. The van der Waals surface area contributed by atoms with Gasteiger partial charge in [0.15, 0.2) is 0 Å². The van der Waals surface area contributed by atoms with Crippen molar-refractivity contribution >= 4 is 17.7 Å². The highest BCUT2D eigenvalue weighted by molar-refractivity contribution is 5.98. The fourth-order valence-corrected chi connectivity index (χ4v) is 5.10. The smallest absolute Gasteiger partial charge is 0.252 e. The average molecular weight is 595 g/mol. The molecule has 43 heavy (non-hydrogen) atoms. The minimum atomic E-state index is -1.18. The Bertz CT molecular complexity index is 1450. The van der Waals surface area contributed by atoms with E-state index < -0.39 is 24.0 Å². The van der Waals surface area contributed by atoms with Crippen LogP contribution in [-0.2, 0) is 36.0 Å². The Kier molecular flexibility index (Phi) is 10.5. The van der Waals surface area contributed by atoms with Gasteiger partial charge < -0.3 is 25.4 Å². The highest BCUT2D eigenvalue weighted by Gasteiger charge is 2.27. The maximum atomic E-state index is 13.4. The summed E-state index contributed by atoms with van der Waals surface area (Å²) in [5, 5.41) is 28.7. The molecule has 3 amide bonds. The number of benzene rings is 1. The fourth-order valence-electron chi connectivity index (χ4n) is 5.10. The molecule has 1 aromatic carbocycles. The maximum Gasteiger partial charge on any atom is 0.252 e. The third-order valence-electron chi connectivity index (χ3n) is 7.80. The van der Waals surface area contributed by atoms with Crippen LogP contribution in [0.2, 0.25) is 0 Å².